The summed E-state index contributed by atoms with van der Waals surface area (Å²) in [7, 11) is 0. The van der Waals surface area contributed by atoms with Crippen molar-refractivity contribution in [2.45, 2.75) is 52.1 Å². The van der Waals surface area contributed by atoms with Gasteiger partial charge in [0.15, 0.2) is 0 Å². The lowest BCUT2D eigenvalue weighted by Crippen LogP contribution is -2.02. The van der Waals surface area contributed by atoms with E-state index in [0.717, 1.165) is 13.0 Å². The number of hydrogen-bond donors (Lipinski definition) is 0. The molecule has 0 aromatic rings. The molecule has 12 heavy (non-hydrogen) atoms. The Balaban J connectivity index is 2.82. The molecule has 1 atom stereocenters. The van der Waals surface area contributed by atoms with Crippen molar-refractivity contribution in [2.75, 3.05) is 13.2 Å². The summed E-state index contributed by atoms with van der Waals surface area (Å²) >= 11 is 0. The Bertz CT molecular complexity index is 83.9. The van der Waals surface area contributed by atoms with Crippen molar-refractivity contribution in [3.8, 4) is 0 Å². The van der Waals surface area contributed by atoms with Gasteiger partial charge in [-0.2, -0.15) is 0 Å². The third-order valence-corrected chi connectivity index (χ3v) is 1.80. The van der Waals surface area contributed by atoms with Crippen LogP contribution >= 0.6 is 0 Å². The Morgan fingerprint density at radius 1 is 1.17 bits per heavy atom. The van der Waals surface area contributed by atoms with Gasteiger partial charge in [0.1, 0.15) is 0 Å². The minimum absolute atomic E-state index is 0.535. The molecule has 2 heteroatoms. The van der Waals surface area contributed by atoms with E-state index < -0.39 is 6.17 Å². The number of rotatable bonds is 8. The first kappa shape index (κ1) is 11.9. The van der Waals surface area contributed by atoms with Gasteiger partial charge in [0.2, 0.25) is 0 Å². The van der Waals surface area contributed by atoms with Gasteiger partial charge >= 0.3 is 0 Å². The van der Waals surface area contributed by atoms with Crippen LogP contribution in [-0.2, 0) is 4.74 Å². The van der Waals surface area contributed by atoms with Gasteiger partial charge in [-0.15, -0.1) is 0 Å². The number of halogens is 1. The minimum atomic E-state index is -0.722. The monoisotopic (exact) mass is 176 g/mol. The van der Waals surface area contributed by atoms with Crippen LogP contribution in [0.15, 0.2) is 0 Å². The predicted molar refractivity (Wildman–Crippen MR) is 50.1 cm³/mol. The molecule has 0 spiro atoms. The zero-order valence-electron chi connectivity index (χ0n) is 8.31. The van der Waals surface area contributed by atoms with Gasteiger partial charge in [-0.1, -0.05) is 26.2 Å². The van der Waals surface area contributed by atoms with Crippen LogP contribution in [0.3, 0.4) is 0 Å². The van der Waals surface area contributed by atoms with Gasteiger partial charge in [0.05, 0.1) is 6.17 Å². The van der Waals surface area contributed by atoms with Crippen molar-refractivity contribution in [1.29, 1.82) is 0 Å². The van der Waals surface area contributed by atoms with E-state index in [1.807, 2.05) is 0 Å². The second-order valence-electron chi connectivity index (χ2n) is 3.24. The van der Waals surface area contributed by atoms with Crippen LogP contribution in [0.25, 0.3) is 0 Å². The average Bonchev–Trinajstić information content (AvgIpc) is 2.02. The second-order valence-corrected chi connectivity index (χ2v) is 3.24. The highest BCUT2D eigenvalue weighted by Crippen LogP contribution is 2.00. The molecule has 0 rings (SSSR count). The number of alkyl halides is 1. The highest BCUT2D eigenvalue weighted by Gasteiger charge is 1.96. The van der Waals surface area contributed by atoms with Crippen LogP contribution < -0.4 is 0 Å². The van der Waals surface area contributed by atoms with E-state index in [2.05, 4.69) is 6.92 Å². The summed E-state index contributed by atoms with van der Waals surface area (Å²) in [5.74, 6) is 0. The van der Waals surface area contributed by atoms with Gasteiger partial charge in [-0.3, -0.25) is 0 Å². The quantitative estimate of drug-likeness (QED) is 0.515. The Hall–Kier alpha value is -0.110. The molecule has 0 aromatic carbocycles. The van der Waals surface area contributed by atoms with Gasteiger partial charge in [0.25, 0.3) is 0 Å². The van der Waals surface area contributed by atoms with E-state index >= 15 is 0 Å². The van der Waals surface area contributed by atoms with Crippen LogP contribution in [0.2, 0.25) is 0 Å². The van der Waals surface area contributed by atoms with Gasteiger partial charge in [0, 0.05) is 19.6 Å². The molecule has 0 saturated heterocycles. The van der Waals surface area contributed by atoms with Crippen molar-refractivity contribution in [3.05, 3.63) is 0 Å². The molecular weight excluding hydrogens is 155 g/mol. The van der Waals surface area contributed by atoms with Crippen LogP contribution in [0.4, 0.5) is 4.39 Å². The largest absolute Gasteiger partial charge is 0.381 e. The van der Waals surface area contributed by atoms with E-state index in [-0.39, 0.29) is 0 Å². The van der Waals surface area contributed by atoms with E-state index in [4.69, 9.17) is 4.74 Å². The maximum Gasteiger partial charge on any atom is 0.0995 e. The zero-order chi connectivity index (χ0) is 9.23. The summed E-state index contributed by atoms with van der Waals surface area (Å²) in [6.07, 6.45) is 4.70. The van der Waals surface area contributed by atoms with Gasteiger partial charge < -0.3 is 4.74 Å². The lowest BCUT2D eigenvalue weighted by atomic mass is 10.2. The Labute approximate surface area is 75.3 Å². The van der Waals surface area contributed by atoms with Gasteiger partial charge in [-0.05, 0) is 13.3 Å². The van der Waals surface area contributed by atoms with Crippen molar-refractivity contribution >= 4 is 0 Å². The number of hydrogen-bond acceptors (Lipinski definition) is 1. The molecule has 0 fully saturated rings. The topological polar surface area (TPSA) is 9.23 Å². The summed E-state index contributed by atoms with van der Waals surface area (Å²) in [5.41, 5.74) is 0. The Morgan fingerprint density at radius 2 is 1.92 bits per heavy atom. The molecule has 0 radical (unpaired) electrons. The van der Waals surface area contributed by atoms with Crippen LogP contribution in [0.1, 0.15) is 46.0 Å². The minimum Gasteiger partial charge on any atom is -0.381 e. The normalized spacial score (nSPS) is 13.2. The first-order valence-corrected chi connectivity index (χ1v) is 4.99. The van der Waals surface area contributed by atoms with E-state index in [9.17, 15) is 4.39 Å². The summed E-state index contributed by atoms with van der Waals surface area (Å²) in [6, 6.07) is 0. The molecule has 1 nitrogen and oxygen atoms in total. The van der Waals surface area contributed by atoms with Crippen molar-refractivity contribution in [3.63, 3.8) is 0 Å². The number of ether oxygens (including phenoxy) is 1. The maximum atomic E-state index is 12.3. The molecule has 0 aliphatic heterocycles. The number of unbranched alkanes of at least 4 members (excludes halogenated alkanes) is 3. The Morgan fingerprint density at radius 3 is 2.50 bits per heavy atom. The standard InChI is InChI=1S/C10H21FO/c1-3-4-5-6-8-12-9-7-10(2)11/h10H,3-9H2,1-2H3. The summed E-state index contributed by atoms with van der Waals surface area (Å²) < 4.78 is 17.5. The van der Waals surface area contributed by atoms with E-state index in [1.54, 1.807) is 6.92 Å². The van der Waals surface area contributed by atoms with Crippen molar-refractivity contribution in [1.82, 2.24) is 0 Å². The SMILES string of the molecule is CCCCCCOCCC(C)F. The molecular formula is C10H21FO. The van der Waals surface area contributed by atoms with Crippen LogP contribution in [0.5, 0.6) is 0 Å². The van der Waals surface area contributed by atoms with Gasteiger partial charge in [-0.25, -0.2) is 4.39 Å². The lowest BCUT2D eigenvalue weighted by molar-refractivity contribution is 0.111. The smallest absolute Gasteiger partial charge is 0.0995 e. The average molecular weight is 176 g/mol. The summed E-state index contributed by atoms with van der Waals surface area (Å²) in [4.78, 5) is 0. The lowest BCUT2D eigenvalue weighted by Gasteiger charge is -2.03. The second kappa shape index (κ2) is 8.98. The molecule has 0 aromatic heterocycles. The zero-order valence-corrected chi connectivity index (χ0v) is 8.31. The molecule has 0 saturated carbocycles. The molecule has 0 amide bonds. The molecule has 0 aliphatic rings. The molecule has 74 valence electrons. The maximum absolute atomic E-state index is 12.3. The third-order valence-electron chi connectivity index (χ3n) is 1.80. The van der Waals surface area contributed by atoms with Crippen LogP contribution in [0, 0.1) is 0 Å². The first-order valence-electron chi connectivity index (χ1n) is 4.99. The molecule has 0 heterocycles. The third kappa shape index (κ3) is 9.89. The fraction of sp³-hybridized carbons (Fsp3) is 1.00. The molecule has 0 bridgehead atoms. The summed E-state index contributed by atoms with van der Waals surface area (Å²) in [6.45, 7) is 5.13. The van der Waals surface area contributed by atoms with E-state index in [1.165, 1.54) is 19.3 Å². The fourth-order valence-electron chi connectivity index (χ4n) is 0.979. The molecule has 0 aliphatic carbocycles. The Kier molecular flexibility index (Phi) is 8.90. The van der Waals surface area contributed by atoms with Crippen LogP contribution in [-0.4, -0.2) is 19.4 Å². The predicted octanol–water partition coefficient (Wildman–Crippen LogP) is 3.33. The highest BCUT2D eigenvalue weighted by atomic mass is 19.1. The summed E-state index contributed by atoms with van der Waals surface area (Å²) in [5, 5.41) is 0. The van der Waals surface area contributed by atoms with Crippen molar-refractivity contribution < 1.29 is 9.13 Å². The van der Waals surface area contributed by atoms with E-state index in [0.29, 0.717) is 13.0 Å². The molecule has 1 unspecified atom stereocenters. The highest BCUT2D eigenvalue weighted by molar-refractivity contribution is 4.45. The first-order chi connectivity index (χ1) is 5.77. The molecule has 0 N–H and O–H groups in total. The fourth-order valence-corrected chi connectivity index (χ4v) is 0.979. The van der Waals surface area contributed by atoms with Crippen molar-refractivity contribution in [2.24, 2.45) is 0 Å².